The highest BCUT2D eigenvalue weighted by Gasteiger charge is 2.09. The Morgan fingerprint density at radius 1 is 1.50 bits per heavy atom. The Morgan fingerprint density at radius 2 is 2.08 bits per heavy atom. The maximum absolute atomic E-state index is 13.1. The average molecular weight is 233 g/mol. The molecule has 0 aromatic heterocycles. The highest BCUT2D eigenvalue weighted by molar-refractivity contribution is 9.10. The zero-order chi connectivity index (χ0) is 9.30. The van der Waals surface area contributed by atoms with Crippen LogP contribution in [0.2, 0.25) is 0 Å². The minimum absolute atomic E-state index is 0.343. The van der Waals surface area contributed by atoms with E-state index in [1.54, 1.807) is 13.0 Å². The molecule has 1 rings (SSSR count). The summed E-state index contributed by atoms with van der Waals surface area (Å²) in [4.78, 5) is 0. The first-order valence-electron chi connectivity index (χ1n) is 3.66. The van der Waals surface area contributed by atoms with E-state index in [0.29, 0.717) is 5.56 Å². The molecule has 1 atom stereocenters. The van der Waals surface area contributed by atoms with Gasteiger partial charge in [-0.2, -0.15) is 0 Å². The molecule has 1 aromatic rings. The number of rotatable bonds is 1. The molecule has 0 amide bonds. The van der Waals surface area contributed by atoms with E-state index in [0.717, 1.165) is 10.0 Å². The van der Waals surface area contributed by atoms with E-state index in [1.165, 1.54) is 6.07 Å². The van der Waals surface area contributed by atoms with Crippen LogP contribution in [0.25, 0.3) is 0 Å². The first kappa shape index (κ1) is 9.68. The lowest BCUT2D eigenvalue weighted by atomic mass is 10.1. The van der Waals surface area contributed by atoms with Gasteiger partial charge in [-0.25, -0.2) is 4.39 Å². The van der Waals surface area contributed by atoms with Crippen LogP contribution in [0.3, 0.4) is 0 Å². The van der Waals surface area contributed by atoms with Crippen LogP contribution in [-0.4, -0.2) is 5.11 Å². The minimum Gasteiger partial charge on any atom is -0.389 e. The van der Waals surface area contributed by atoms with Gasteiger partial charge in [0.15, 0.2) is 0 Å². The molecule has 0 aliphatic rings. The molecule has 0 aliphatic heterocycles. The predicted molar refractivity (Wildman–Crippen MR) is 49.5 cm³/mol. The average Bonchev–Trinajstić information content (AvgIpc) is 1.96. The number of halogens is 2. The van der Waals surface area contributed by atoms with E-state index in [1.807, 2.05) is 6.92 Å². The summed E-state index contributed by atoms with van der Waals surface area (Å²) in [5.74, 6) is -0.373. The third-order valence-electron chi connectivity index (χ3n) is 1.73. The Hall–Kier alpha value is -0.410. The number of aliphatic hydroxyl groups is 1. The largest absolute Gasteiger partial charge is 0.389 e. The number of benzene rings is 1. The highest BCUT2D eigenvalue weighted by Crippen LogP contribution is 2.24. The second-order valence-electron chi connectivity index (χ2n) is 2.80. The van der Waals surface area contributed by atoms with Crippen LogP contribution in [0.1, 0.15) is 24.2 Å². The van der Waals surface area contributed by atoms with Crippen LogP contribution in [0.4, 0.5) is 4.39 Å². The van der Waals surface area contributed by atoms with Crippen molar-refractivity contribution in [3.05, 3.63) is 33.5 Å². The minimum atomic E-state index is -0.753. The van der Waals surface area contributed by atoms with Crippen molar-refractivity contribution >= 4 is 15.9 Å². The fourth-order valence-electron chi connectivity index (χ4n) is 1.000. The van der Waals surface area contributed by atoms with Gasteiger partial charge in [-0.1, -0.05) is 15.9 Å². The van der Waals surface area contributed by atoms with Crippen molar-refractivity contribution in [2.24, 2.45) is 0 Å². The first-order chi connectivity index (χ1) is 5.52. The molecule has 1 nitrogen and oxygen atoms in total. The van der Waals surface area contributed by atoms with Gasteiger partial charge in [0.25, 0.3) is 0 Å². The van der Waals surface area contributed by atoms with Gasteiger partial charge in [-0.3, -0.25) is 0 Å². The van der Waals surface area contributed by atoms with Crippen molar-refractivity contribution in [3.63, 3.8) is 0 Å². The third-order valence-corrected chi connectivity index (χ3v) is 2.58. The van der Waals surface area contributed by atoms with Crippen LogP contribution >= 0.6 is 15.9 Å². The lowest BCUT2D eigenvalue weighted by Crippen LogP contribution is -1.96. The van der Waals surface area contributed by atoms with E-state index in [-0.39, 0.29) is 5.82 Å². The van der Waals surface area contributed by atoms with Crippen LogP contribution in [0.5, 0.6) is 0 Å². The summed E-state index contributed by atoms with van der Waals surface area (Å²) in [6, 6.07) is 3.02. The van der Waals surface area contributed by atoms with Crippen LogP contribution in [0.15, 0.2) is 16.6 Å². The molecular formula is C9H10BrFO. The van der Waals surface area contributed by atoms with Crippen LogP contribution in [-0.2, 0) is 0 Å². The molecule has 0 saturated heterocycles. The number of aryl methyl sites for hydroxylation is 1. The van der Waals surface area contributed by atoms with Gasteiger partial charge in [0.05, 0.1) is 6.10 Å². The third kappa shape index (κ3) is 1.84. The summed E-state index contributed by atoms with van der Waals surface area (Å²) in [7, 11) is 0. The van der Waals surface area contributed by atoms with Gasteiger partial charge in [-0.05, 0) is 31.5 Å². The molecule has 12 heavy (non-hydrogen) atoms. The van der Waals surface area contributed by atoms with Crippen molar-refractivity contribution in [3.8, 4) is 0 Å². The summed E-state index contributed by atoms with van der Waals surface area (Å²) in [5, 5.41) is 9.16. The first-order valence-corrected chi connectivity index (χ1v) is 4.45. The molecule has 1 aromatic carbocycles. The van der Waals surface area contributed by atoms with E-state index >= 15 is 0 Å². The summed E-state index contributed by atoms with van der Waals surface area (Å²) in [6.07, 6.45) is -0.753. The molecule has 66 valence electrons. The Labute approximate surface area is 79.4 Å². The van der Waals surface area contributed by atoms with E-state index in [4.69, 9.17) is 5.11 Å². The van der Waals surface area contributed by atoms with Gasteiger partial charge in [0.1, 0.15) is 5.82 Å². The maximum Gasteiger partial charge on any atom is 0.130 e. The van der Waals surface area contributed by atoms with Gasteiger partial charge < -0.3 is 5.11 Å². The number of hydrogen-bond acceptors (Lipinski definition) is 1. The van der Waals surface area contributed by atoms with Gasteiger partial charge in [-0.15, -0.1) is 0 Å². The van der Waals surface area contributed by atoms with Gasteiger partial charge in [0, 0.05) is 10.0 Å². The zero-order valence-electron chi connectivity index (χ0n) is 6.94. The molecule has 0 spiro atoms. The SMILES string of the molecule is Cc1cc(C(C)O)c(F)cc1Br. The lowest BCUT2D eigenvalue weighted by Gasteiger charge is -2.08. The Balaban J connectivity index is 3.23. The smallest absolute Gasteiger partial charge is 0.130 e. The van der Waals surface area contributed by atoms with Crippen LogP contribution < -0.4 is 0 Å². The molecule has 0 saturated carbocycles. The van der Waals surface area contributed by atoms with E-state index in [2.05, 4.69) is 15.9 Å². The molecule has 1 unspecified atom stereocenters. The van der Waals surface area contributed by atoms with Gasteiger partial charge in [0.2, 0.25) is 0 Å². The van der Waals surface area contributed by atoms with Gasteiger partial charge >= 0.3 is 0 Å². The number of aliphatic hydroxyl groups excluding tert-OH is 1. The molecule has 0 bridgehead atoms. The van der Waals surface area contributed by atoms with Crippen molar-refractivity contribution in [2.75, 3.05) is 0 Å². The monoisotopic (exact) mass is 232 g/mol. The highest BCUT2D eigenvalue weighted by atomic mass is 79.9. The Kier molecular flexibility index (Phi) is 2.85. The fourth-order valence-corrected chi connectivity index (χ4v) is 1.32. The molecule has 0 aliphatic carbocycles. The van der Waals surface area contributed by atoms with Crippen molar-refractivity contribution in [1.82, 2.24) is 0 Å². The topological polar surface area (TPSA) is 20.2 Å². The van der Waals surface area contributed by atoms with Crippen molar-refractivity contribution in [1.29, 1.82) is 0 Å². The standard InChI is InChI=1S/C9H10BrFO/c1-5-3-7(6(2)12)9(11)4-8(5)10/h3-4,6,12H,1-2H3. The summed E-state index contributed by atoms with van der Waals surface area (Å²) < 4.78 is 13.8. The number of hydrogen-bond donors (Lipinski definition) is 1. The zero-order valence-corrected chi connectivity index (χ0v) is 8.52. The summed E-state index contributed by atoms with van der Waals surface area (Å²) in [6.45, 7) is 3.40. The normalized spacial score (nSPS) is 13.1. The molecule has 1 N–H and O–H groups in total. The van der Waals surface area contributed by atoms with Crippen LogP contribution in [0, 0.1) is 12.7 Å². The maximum atomic E-state index is 13.1. The Bertz CT molecular complexity index is 297. The van der Waals surface area contributed by atoms with E-state index < -0.39 is 6.10 Å². The Morgan fingerprint density at radius 3 is 2.58 bits per heavy atom. The second kappa shape index (κ2) is 3.54. The predicted octanol–water partition coefficient (Wildman–Crippen LogP) is 2.95. The lowest BCUT2D eigenvalue weighted by molar-refractivity contribution is 0.194. The molecule has 0 fully saturated rings. The van der Waals surface area contributed by atoms with Crippen molar-refractivity contribution in [2.45, 2.75) is 20.0 Å². The molecule has 0 radical (unpaired) electrons. The van der Waals surface area contributed by atoms with E-state index in [9.17, 15) is 4.39 Å². The second-order valence-corrected chi connectivity index (χ2v) is 3.65. The quantitative estimate of drug-likeness (QED) is 0.790. The van der Waals surface area contributed by atoms with Crippen molar-refractivity contribution < 1.29 is 9.50 Å². The summed E-state index contributed by atoms with van der Waals surface area (Å²) >= 11 is 3.21. The summed E-state index contributed by atoms with van der Waals surface area (Å²) in [5.41, 5.74) is 1.27. The molecular weight excluding hydrogens is 223 g/mol. The molecule has 0 heterocycles. The fraction of sp³-hybridized carbons (Fsp3) is 0.333. The molecule has 3 heteroatoms.